The lowest BCUT2D eigenvalue weighted by Gasteiger charge is -2.04. The molecule has 0 aliphatic carbocycles. The van der Waals surface area contributed by atoms with Gasteiger partial charge in [0.2, 0.25) is 0 Å². The van der Waals surface area contributed by atoms with Gasteiger partial charge >= 0.3 is 5.97 Å². The fourth-order valence-electron chi connectivity index (χ4n) is 0.729. The molecular weight excluding hydrogens is 142 g/mol. The Labute approximate surface area is 56.5 Å². The molecule has 4 heteroatoms. The van der Waals surface area contributed by atoms with E-state index in [1.165, 1.54) is 0 Å². The van der Waals surface area contributed by atoms with Crippen molar-refractivity contribution in [3.63, 3.8) is 0 Å². The molecule has 0 saturated carbocycles. The Morgan fingerprint density at radius 1 is 1.70 bits per heavy atom. The summed E-state index contributed by atoms with van der Waals surface area (Å²) in [7, 11) is 0. The summed E-state index contributed by atoms with van der Waals surface area (Å²) >= 11 is 0. The quantitative estimate of drug-likeness (QED) is 0.411. The minimum atomic E-state index is -2.59. The highest BCUT2D eigenvalue weighted by atomic mass is 19.3. The van der Waals surface area contributed by atoms with E-state index in [4.69, 9.17) is 0 Å². The van der Waals surface area contributed by atoms with Crippen LogP contribution in [-0.4, -0.2) is 18.5 Å². The highest BCUT2D eigenvalue weighted by molar-refractivity contribution is 5.89. The second-order valence-electron chi connectivity index (χ2n) is 2.09. The maximum atomic E-state index is 11.8. The van der Waals surface area contributed by atoms with Gasteiger partial charge in [0, 0.05) is 12.0 Å². The molecule has 2 nitrogen and oxygen atoms in total. The summed E-state index contributed by atoms with van der Waals surface area (Å²) in [6.45, 7) is 3.26. The van der Waals surface area contributed by atoms with Gasteiger partial charge in [-0.2, -0.15) is 0 Å². The van der Waals surface area contributed by atoms with Crippen LogP contribution >= 0.6 is 0 Å². The van der Waals surface area contributed by atoms with Gasteiger partial charge in [0.1, 0.15) is 0 Å². The van der Waals surface area contributed by atoms with Gasteiger partial charge in [-0.25, -0.2) is 13.6 Å². The van der Waals surface area contributed by atoms with Crippen LogP contribution in [0.4, 0.5) is 8.78 Å². The zero-order valence-corrected chi connectivity index (χ0v) is 5.14. The molecule has 0 radical (unpaired) electrons. The average molecular weight is 148 g/mol. The van der Waals surface area contributed by atoms with Crippen molar-refractivity contribution < 1.29 is 18.3 Å². The number of esters is 1. The molecule has 0 aromatic carbocycles. The zero-order valence-electron chi connectivity index (χ0n) is 5.14. The van der Waals surface area contributed by atoms with Crippen molar-refractivity contribution in [2.75, 3.05) is 0 Å². The second kappa shape index (κ2) is 2.36. The number of rotatable bonds is 1. The van der Waals surface area contributed by atoms with Gasteiger partial charge in [0.05, 0.1) is 0 Å². The Morgan fingerprint density at radius 3 is 2.50 bits per heavy atom. The first-order valence-corrected chi connectivity index (χ1v) is 2.78. The fourth-order valence-corrected chi connectivity index (χ4v) is 0.729. The van der Waals surface area contributed by atoms with Crippen molar-refractivity contribution >= 4 is 5.97 Å². The SMILES string of the molecule is C=C1C[C@@H](C(F)F)OC1=O. The Hall–Kier alpha value is -0.930. The first-order valence-electron chi connectivity index (χ1n) is 2.78. The van der Waals surface area contributed by atoms with E-state index >= 15 is 0 Å². The van der Waals surface area contributed by atoms with Gasteiger partial charge in [-0.05, 0) is 0 Å². The van der Waals surface area contributed by atoms with Crippen molar-refractivity contribution in [2.24, 2.45) is 0 Å². The molecule has 0 aromatic rings. The minimum Gasteiger partial charge on any atom is -0.453 e. The van der Waals surface area contributed by atoms with E-state index in [9.17, 15) is 13.6 Å². The van der Waals surface area contributed by atoms with Gasteiger partial charge in [0.25, 0.3) is 6.43 Å². The topological polar surface area (TPSA) is 26.3 Å². The molecule has 56 valence electrons. The number of halogens is 2. The lowest BCUT2D eigenvalue weighted by Crippen LogP contribution is -2.16. The van der Waals surface area contributed by atoms with Crippen molar-refractivity contribution in [2.45, 2.75) is 19.0 Å². The molecule has 0 N–H and O–H groups in total. The van der Waals surface area contributed by atoms with Crippen LogP contribution in [0, 0.1) is 0 Å². The predicted molar refractivity (Wildman–Crippen MR) is 29.6 cm³/mol. The molecule has 1 rings (SSSR count). The van der Waals surface area contributed by atoms with Crippen LogP contribution < -0.4 is 0 Å². The third kappa shape index (κ3) is 1.15. The molecular formula is C6H6F2O2. The van der Waals surface area contributed by atoms with Crippen LogP contribution in [0.2, 0.25) is 0 Å². The van der Waals surface area contributed by atoms with Gasteiger partial charge in [-0.1, -0.05) is 6.58 Å². The highest BCUT2D eigenvalue weighted by Crippen LogP contribution is 2.23. The van der Waals surface area contributed by atoms with Gasteiger partial charge in [-0.15, -0.1) is 0 Å². The Balaban J connectivity index is 2.57. The van der Waals surface area contributed by atoms with Gasteiger partial charge < -0.3 is 4.74 Å². The number of carbonyl (C=O) groups is 1. The maximum absolute atomic E-state index is 11.8. The second-order valence-corrected chi connectivity index (χ2v) is 2.09. The largest absolute Gasteiger partial charge is 0.453 e. The monoisotopic (exact) mass is 148 g/mol. The molecule has 0 amide bonds. The smallest absolute Gasteiger partial charge is 0.334 e. The summed E-state index contributed by atoms with van der Waals surface area (Å²) in [4.78, 5) is 10.4. The van der Waals surface area contributed by atoms with Crippen LogP contribution in [0.15, 0.2) is 12.2 Å². The number of cyclic esters (lactones) is 1. The summed E-state index contributed by atoms with van der Waals surface area (Å²) < 4.78 is 27.8. The van der Waals surface area contributed by atoms with Crippen LogP contribution in [0.25, 0.3) is 0 Å². The predicted octanol–water partition coefficient (Wildman–Crippen LogP) is 1.12. The molecule has 0 spiro atoms. The fraction of sp³-hybridized carbons (Fsp3) is 0.500. The van der Waals surface area contributed by atoms with E-state index in [1.54, 1.807) is 0 Å². The lowest BCUT2D eigenvalue weighted by atomic mass is 10.2. The summed E-state index contributed by atoms with van der Waals surface area (Å²) in [6.07, 6.45) is -3.90. The first kappa shape index (κ1) is 7.18. The number of hydrogen-bond acceptors (Lipinski definition) is 2. The molecule has 1 atom stereocenters. The van der Waals surface area contributed by atoms with E-state index in [0.29, 0.717) is 0 Å². The number of hydrogen-bond donors (Lipinski definition) is 0. The zero-order chi connectivity index (χ0) is 7.72. The average Bonchev–Trinajstić information content (AvgIpc) is 2.13. The maximum Gasteiger partial charge on any atom is 0.334 e. The molecule has 1 aliphatic rings. The normalized spacial score (nSPS) is 25.7. The van der Waals surface area contributed by atoms with E-state index in [0.717, 1.165) is 0 Å². The third-order valence-electron chi connectivity index (χ3n) is 1.28. The number of ether oxygens (including phenoxy) is 1. The Kier molecular flexibility index (Phi) is 1.70. The summed E-state index contributed by atoms with van der Waals surface area (Å²) in [5.41, 5.74) is 0.130. The minimum absolute atomic E-state index is 0.0451. The van der Waals surface area contributed by atoms with Crippen LogP contribution in [0.1, 0.15) is 6.42 Å². The van der Waals surface area contributed by atoms with Crippen LogP contribution in [0.5, 0.6) is 0 Å². The number of alkyl halides is 2. The van der Waals surface area contributed by atoms with Crippen molar-refractivity contribution in [1.29, 1.82) is 0 Å². The summed E-state index contributed by atoms with van der Waals surface area (Å²) in [6, 6.07) is 0. The summed E-state index contributed by atoms with van der Waals surface area (Å²) in [5, 5.41) is 0. The van der Waals surface area contributed by atoms with Crippen molar-refractivity contribution in [1.82, 2.24) is 0 Å². The van der Waals surface area contributed by atoms with E-state index < -0.39 is 18.5 Å². The van der Waals surface area contributed by atoms with E-state index in [-0.39, 0.29) is 12.0 Å². The Bertz CT molecular complexity index is 161. The first-order chi connectivity index (χ1) is 4.61. The summed E-state index contributed by atoms with van der Waals surface area (Å²) in [5.74, 6) is -0.703. The van der Waals surface area contributed by atoms with Crippen molar-refractivity contribution in [3.8, 4) is 0 Å². The standard InChI is InChI=1S/C6H6F2O2/c1-3-2-4(5(7)8)10-6(3)9/h4-5H,1-2H2/t4-/m0/s1. The molecule has 0 bridgehead atoms. The third-order valence-corrected chi connectivity index (χ3v) is 1.28. The van der Waals surface area contributed by atoms with Crippen LogP contribution in [-0.2, 0) is 9.53 Å². The molecule has 0 aromatic heterocycles. The van der Waals surface area contributed by atoms with E-state index in [2.05, 4.69) is 11.3 Å². The number of carbonyl (C=O) groups excluding carboxylic acids is 1. The molecule has 1 saturated heterocycles. The molecule has 1 aliphatic heterocycles. The van der Waals surface area contributed by atoms with Crippen molar-refractivity contribution in [3.05, 3.63) is 12.2 Å². The molecule has 1 fully saturated rings. The van der Waals surface area contributed by atoms with Gasteiger partial charge in [-0.3, -0.25) is 0 Å². The van der Waals surface area contributed by atoms with E-state index in [1.807, 2.05) is 0 Å². The molecule has 0 unspecified atom stereocenters. The lowest BCUT2D eigenvalue weighted by molar-refractivity contribution is -0.144. The van der Waals surface area contributed by atoms with Crippen LogP contribution in [0.3, 0.4) is 0 Å². The Morgan fingerprint density at radius 2 is 2.30 bits per heavy atom. The molecule has 1 heterocycles. The highest BCUT2D eigenvalue weighted by Gasteiger charge is 2.33. The molecule has 10 heavy (non-hydrogen) atoms. The van der Waals surface area contributed by atoms with Gasteiger partial charge in [0.15, 0.2) is 6.10 Å².